The lowest BCUT2D eigenvalue weighted by Crippen LogP contribution is -2.26. The van der Waals surface area contributed by atoms with Crippen LogP contribution in [-0.2, 0) is 4.74 Å². The average Bonchev–Trinajstić information content (AvgIpc) is 2.48. The number of halogens is 3. The van der Waals surface area contributed by atoms with Crippen molar-refractivity contribution in [3.63, 3.8) is 0 Å². The van der Waals surface area contributed by atoms with Gasteiger partial charge in [-0.2, -0.15) is 13.2 Å². The zero-order chi connectivity index (χ0) is 17.5. The van der Waals surface area contributed by atoms with E-state index in [2.05, 4.69) is 10.1 Å². The zero-order valence-corrected chi connectivity index (χ0v) is 13.0. The van der Waals surface area contributed by atoms with Crippen LogP contribution in [0.5, 0.6) is 0 Å². The van der Waals surface area contributed by atoms with Crippen molar-refractivity contribution in [3.8, 4) is 0 Å². The minimum absolute atomic E-state index is 0.0529. The average molecular weight is 352 g/mol. The standard InChI is InChI=1S/C13H15F3N2O4S/c1-23-9-3-4-11(18(20)21)10(7-9)12(19)17-5-2-6-22-8-13(14,15)16/h3-4,7H,2,5-6,8H2,1H3,(H,17,19). The van der Waals surface area contributed by atoms with Gasteiger partial charge in [0.1, 0.15) is 12.2 Å². The second kappa shape index (κ2) is 8.73. The highest BCUT2D eigenvalue weighted by molar-refractivity contribution is 7.98. The van der Waals surface area contributed by atoms with Gasteiger partial charge in [-0.1, -0.05) is 0 Å². The fraction of sp³-hybridized carbons (Fsp3) is 0.462. The molecule has 10 heteroatoms. The van der Waals surface area contributed by atoms with E-state index in [1.165, 1.54) is 30.0 Å². The van der Waals surface area contributed by atoms with Gasteiger partial charge in [-0.15, -0.1) is 11.8 Å². The Kier molecular flexibility index (Phi) is 7.30. The number of ether oxygens (including phenoxy) is 1. The fourth-order valence-electron chi connectivity index (χ4n) is 1.64. The first kappa shape index (κ1) is 19.2. The summed E-state index contributed by atoms with van der Waals surface area (Å²) in [6, 6.07) is 4.18. The van der Waals surface area contributed by atoms with Crippen LogP contribution >= 0.6 is 11.8 Å². The molecule has 0 atom stereocenters. The topological polar surface area (TPSA) is 81.5 Å². The van der Waals surface area contributed by atoms with E-state index in [-0.39, 0.29) is 30.8 Å². The molecule has 0 unspecified atom stereocenters. The van der Waals surface area contributed by atoms with E-state index in [9.17, 15) is 28.1 Å². The molecule has 1 aromatic rings. The predicted octanol–water partition coefficient (Wildman–Crippen LogP) is 3.02. The number of amides is 1. The summed E-state index contributed by atoms with van der Waals surface area (Å²) in [5, 5.41) is 13.4. The largest absolute Gasteiger partial charge is 0.411 e. The Morgan fingerprint density at radius 3 is 2.70 bits per heavy atom. The van der Waals surface area contributed by atoms with Crippen LogP contribution in [-0.4, -0.2) is 43.0 Å². The first-order valence-corrected chi connectivity index (χ1v) is 7.72. The second-order valence-electron chi connectivity index (χ2n) is 4.42. The van der Waals surface area contributed by atoms with E-state index in [1.54, 1.807) is 6.26 Å². The van der Waals surface area contributed by atoms with Crippen LogP contribution in [0, 0.1) is 10.1 Å². The first-order valence-electron chi connectivity index (χ1n) is 6.49. The minimum Gasteiger partial charge on any atom is -0.372 e. The molecule has 1 amide bonds. The number of hydrogen-bond donors (Lipinski definition) is 1. The SMILES string of the molecule is CSc1ccc([N+](=O)[O-])c(C(=O)NCCCOCC(F)(F)F)c1. The number of alkyl halides is 3. The van der Waals surface area contributed by atoms with Crippen molar-refractivity contribution in [1.82, 2.24) is 5.32 Å². The lowest BCUT2D eigenvalue weighted by Gasteiger charge is -2.09. The van der Waals surface area contributed by atoms with Crippen molar-refractivity contribution in [2.75, 3.05) is 26.0 Å². The van der Waals surface area contributed by atoms with Crippen molar-refractivity contribution in [2.24, 2.45) is 0 Å². The lowest BCUT2D eigenvalue weighted by molar-refractivity contribution is -0.385. The number of carbonyl (C=O) groups is 1. The molecule has 0 radical (unpaired) electrons. The fourth-order valence-corrected chi connectivity index (χ4v) is 2.08. The van der Waals surface area contributed by atoms with Gasteiger partial charge in [0.05, 0.1) is 4.92 Å². The van der Waals surface area contributed by atoms with Gasteiger partial charge in [0, 0.05) is 24.1 Å². The minimum atomic E-state index is -4.39. The molecule has 1 N–H and O–H groups in total. The van der Waals surface area contributed by atoms with Crippen LogP contribution in [0.15, 0.2) is 23.1 Å². The van der Waals surface area contributed by atoms with Crippen molar-refractivity contribution in [1.29, 1.82) is 0 Å². The molecule has 0 aliphatic carbocycles. The van der Waals surface area contributed by atoms with E-state index in [0.29, 0.717) is 4.90 Å². The summed E-state index contributed by atoms with van der Waals surface area (Å²) in [5.74, 6) is -0.650. The van der Waals surface area contributed by atoms with Gasteiger partial charge in [0.2, 0.25) is 0 Å². The summed E-state index contributed by atoms with van der Waals surface area (Å²) in [6.45, 7) is -1.47. The molecule has 0 fully saturated rings. The summed E-state index contributed by atoms with van der Waals surface area (Å²) in [6.07, 6.45) is -2.46. The van der Waals surface area contributed by atoms with Crippen LogP contribution in [0.25, 0.3) is 0 Å². The number of rotatable bonds is 8. The van der Waals surface area contributed by atoms with Crippen LogP contribution in [0.2, 0.25) is 0 Å². The molecule has 0 saturated heterocycles. The van der Waals surface area contributed by atoms with Crippen molar-refractivity contribution in [2.45, 2.75) is 17.5 Å². The molecular weight excluding hydrogens is 337 g/mol. The summed E-state index contributed by atoms with van der Waals surface area (Å²) >= 11 is 1.33. The van der Waals surface area contributed by atoms with Gasteiger partial charge in [-0.25, -0.2) is 0 Å². The van der Waals surface area contributed by atoms with Crippen LogP contribution in [0.3, 0.4) is 0 Å². The molecule has 0 saturated carbocycles. The second-order valence-corrected chi connectivity index (χ2v) is 5.30. The number of nitro benzene ring substituents is 1. The lowest BCUT2D eigenvalue weighted by atomic mass is 10.1. The quantitative estimate of drug-likeness (QED) is 0.337. The van der Waals surface area contributed by atoms with Crippen molar-refractivity contribution >= 4 is 23.4 Å². The Morgan fingerprint density at radius 2 is 2.13 bits per heavy atom. The molecule has 23 heavy (non-hydrogen) atoms. The van der Waals surface area contributed by atoms with Gasteiger partial charge < -0.3 is 10.1 Å². The Hall–Kier alpha value is -1.81. The molecule has 0 heterocycles. The Bertz CT molecular complexity index is 567. The molecule has 0 bridgehead atoms. The molecule has 0 aliphatic heterocycles. The van der Waals surface area contributed by atoms with Gasteiger partial charge in [-0.05, 0) is 24.8 Å². The number of nitrogens with one attached hydrogen (secondary N) is 1. The molecule has 0 aromatic heterocycles. The van der Waals surface area contributed by atoms with Crippen LogP contribution in [0.4, 0.5) is 18.9 Å². The third-order valence-electron chi connectivity index (χ3n) is 2.66. The third-order valence-corrected chi connectivity index (χ3v) is 3.39. The summed E-state index contributed by atoms with van der Waals surface area (Å²) in [5.41, 5.74) is -0.410. The van der Waals surface area contributed by atoms with E-state index < -0.39 is 23.6 Å². The molecule has 1 aromatic carbocycles. The van der Waals surface area contributed by atoms with Crippen molar-refractivity contribution < 1.29 is 27.6 Å². The molecular formula is C13H15F3N2O4S. The first-order chi connectivity index (χ1) is 10.7. The number of thioether (sulfide) groups is 1. The number of carbonyl (C=O) groups excluding carboxylic acids is 1. The van der Waals surface area contributed by atoms with Gasteiger partial charge in [0.25, 0.3) is 11.6 Å². The Labute approximate surface area is 134 Å². The highest BCUT2D eigenvalue weighted by Crippen LogP contribution is 2.24. The van der Waals surface area contributed by atoms with E-state index >= 15 is 0 Å². The number of benzene rings is 1. The van der Waals surface area contributed by atoms with Gasteiger partial charge >= 0.3 is 6.18 Å². The monoisotopic (exact) mass is 352 g/mol. The van der Waals surface area contributed by atoms with E-state index in [0.717, 1.165) is 0 Å². The van der Waals surface area contributed by atoms with Gasteiger partial charge in [-0.3, -0.25) is 14.9 Å². The maximum Gasteiger partial charge on any atom is 0.411 e. The number of nitrogens with zero attached hydrogens (tertiary/aromatic N) is 1. The normalized spacial score (nSPS) is 11.3. The zero-order valence-electron chi connectivity index (χ0n) is 12.2. The predicted molar refractivity (Wildman–Crippen MR) is 78.7 cm³/mol. The summed E-state index contributed by atoms with van der Waals surface area (Å²) in [4.78, 5) is 22.9. The summed E-state index contributed by atoms with van der Waals surface area (Å²) in [7, 11) is 0. The van der Waals surface area contributed by atoms with Crippen molar-refractivity contribution in [3.05, 3.63) is 33.9 Å². The molecule has 6 nitrogen and oxygen atoms in total. The summed E-state index contributed by atoms with van der Waals surface area (Å²) < 4.78 is 39.9. The highest BCUT2D eigenvalue weighted by atomic mass is 32.2. The van der Waals surface area contributed by atoms with E-state index in [4.69, 9.17) is 0 Å². The smallest absolute Gasteiger partial charge is 0.372 e. The maximum atomic E-state index is 12.0. The van der Waals surface area contributed by atoms with Crippen LogP contribution in [0.1, 0.15) is 16.8 Å². The molecule has 1 rings (SSSR count). The maximum absolute atomic E-state index is 12.0. The molecule has 0 spiro atoms. The Morgan fingerprint density at radius 1 is 1.43 bits per heavy atom. The van der Waals surface area contributed by atoms with Gasteiger partial charge in [0.15, 0.2) is 0 Å². The Balaban J connectivity index is 2.53. The third kappa shape index (κ3) is 6.87. The molecule has 128 valence electrons. The number of nitro groups is 1. The number of hydrogen-bond acceptors (Lipinski definition) is 5. The highest BCUT2D eigenvalue weighted by Gasteiger charge is 2.27. The van der Waals surface area contributed by atoms with Crippen LogP contribution < -0.4 is 5.32 Å². The molecule has 0 aliphatic rings. The van der Waals surface area contributed by atoms with E-state index in [1.807, 2.05) is 0 Å².